The Labute approximate surface area is 171 Å². The molecule has 158 valence electrons. The fourth-order valence-corrected chi connectivity index (χ4v) is 4.59. The largest absolute Gasteiger partial charge is 0.492 e. The van der Waals surface area contributed by atoms with Gasteiger partial charge in [0.15, 0.2) is 0 Å². The lowest BCUT2D eigenvalue weighted by Crippen LogP contribution is -2.33. The van der Waals surface area contributed by atoms with E-state index in [9.17, 15) is 12.8 Å². The molecule has 8 heteroatoms. The van der Waals surface area contributed by atoms with E-state index in [1.165, 1.54) is 16.4 Å². The van der Waals surface area contributed by atoms with E-state index in [4.69, 9.17) is 9.47 Å². The Hall–Kier alpha value is -2.00. The third kappa shape index (κ3) is 5.99. The van der Waals surface area contributed by atoms with Crippen LogP contribution in [-0.4, -0.2) is 58.0 Å². The lowest BCUT2D eigenvalue weighted by molar-refractivity contribution is 0.105. The van der Waals surface area contributed by atoms with Crippen LogP contribution in [0.1, 0.15) is 16.7 Å². The molecule has 0 unspecified atom stereocenters. The first-order valence-electron chi connectivity index (χ1n) is 9.53. The van der Waals surface area contributed by atoms with Gasteiger partial charge in [-0.25, -0.2) is 12.8 Å². The normalized spacial score (nSPS) is 15.0. The van der Waals surface area contributed by atoms with Gasteiger partial charge < -0.3 is 14.4 Å². The summed E-state index contributed by atoms with van der Waals surface area (Å²) in [6.45, 7) is 2.56. The monoisotopic (exact) mass is 422 g/mol. The molecule has 6 nitrogen and oxygen atoms in total. The molecule has 0 saturated carbocycles. The Morgan fingerprint density at radius 1 is 1.21 bits per heavy atom. The Morgan fingerprint density at radius 3 is 2.76 bits per heavy atom. The number of hydrogen-bond donors (Lipinski definition) is 0. The van der Waals surface area contributed by atoms with Gasteiger partial charge in [0.25, 0.3) is 0 Å². The van der Waals surface area contributed by atoms with Crippen LogP contribution in [0.4, 0.5) is 4.39 Å². The highest BCUT2D eigenvalue weighted by Crippen LogP contribution is 2.27. The molecule has 0 saturated heterocycles. The van der Waals surface area contributed by atoms with Crippen molar-refractivity contribution in [3.63, 3.8) is 0 Å². The summed E-state index contributed by atoms with van der Waals surface area (Å²) in [6.07, 6.45) is 0. The van der Waals surface area contributed by atoms with Gasteiger partial charge in [-0.05, 0) is 37.9 Å². The van der Waals surface area contributed by atoms with E-state index < -0.39 is 15.8 Å². The molecule has 3 rings (SSSR count). The molecule has 2 aromatic carbocycles. The number of likely N-dealkylation sites (N-methyl/N-ethyl adjacent to an activating group) is 1. The van der Waals surface area contributed by atoms with Crippen molar-refractivity contribution in [3.8, 4) is 5.75 Å². The molecule has 0 aromatic heterocycles. The van der Waals surface area contributed by atoms with Gasteiger partial charge in [-0.3, -0.25) is 0 Å². The van der Waals surface area contributed by atoms with Crippen molar-refractivity contribution in [2.24, 2.45) is 0 Å². The minimum absolute atomic E-state index is 0.168. The summed E-state index contributed by atoms with van der Waals surface area (Å²) in [6, 6.07) is 11.7. The highest BCUT2D eigenvalue weighted by molar-refractivity contribution is 7.88. The first-order valence-corrected chi connectivity index (χ1v) is 11.1. The van der Waals surface area contributed by atoms with Crippen molar-refractivity contribution in [1.29, 1.82) is 0 Å². The molecule has 0 atom stereocenters. The zero-order chi connectivity index (χ0) is 20.9. The molecule has 0 N–H and O–H groups in total. The third-order valence-electron chi connectivity index (χ3n) is 4.71. The second kappa shape index (κ2) is 9.67. The van der Waals surface area contributed by atoms with E-state index in [2.05, 4.69) is 0 Å². The maximum absolute atomic E-state index is 13.9. The Bertz CT molecular complexity index is 934. The van der Waals surface area contributed by atoms with Gasteiger partial charge in [0.1, 0.15) is 18.2 Å². The molecule has 2 aromatic rings. The molecular formula is C21H27FN2O4S. The van der Waals surface area contributed by atoms with Gasteiger partial charge in [-0.1, -0.05) is 24.3 Å². The number of benzene rings is 2. The number of nitrogens with zero attached hydrogens (tertiary/aromatic N) is 2. The Kier molecular flexibility index (Phi) is 7.23. The van der Waals surface area contributed by atoms with Gasteiger partial charge in [0, 0.05) is 30.8 Å². The molecule has 0 fully saturated rings. The van der Waals surface area contributed by atoms with Gasteiger partial charge >= 0.3 is 0 Å². The zero-order valence-electron chi connectivity index (χ0n) is 16.8. The maximum atomic E-state index is 13.9. The Morgan fingerprint density at radius 2 is 2.00 bits per heavy atom. The number of rotatable bonds is 8. The summed E-state index contributed by atoms with van der Waals surface area (Å²) in [5, 5.41) is 0. The molecule has 0 amide bonds. The highest BCUT2D eigenvalue weighted by Gasteiger charge is 2.27. The van der Waals surface area contributed by atoms with Crippen LogP contribution < -0.4 is 4.74 Å². The molecule has 1 aliphatic rings. The van der Waals surface area contributed by atoms with Crippen LogP contribution in [0.25, 0.3) is 0 Å². The van der Waals surface area contributed by atoms with Crippen molar-refractivity contribution in [2.75, 3.05) is 40.4 Å². The van der Waals surface area contributed by atoms with Crippen LogP contribution in [0.15, 0.2) is 42.5 Å². The third-order valence-corrected chi connectivity index (χ3v) is 6.48. The standard InChI is InChI=1S/C21H27FN2O4S/c1-23(2)9-11-27-15-17-7-8-21-19(13-17)14-24(10-12-28-21)29(25,26)16-18-5-3-4-6-20(18)22/h3-8,13H,9-12,14-16H2,1-2H3. The summed E-state index contributed by atoms with van der Waals surface area (Å²) >= 11 is 0. The first kappa shape index (κ1) is 21.7. The second-order valence-corrected chi connectivity index (χ2v) is 9.30. The van der Waals surface area contributed by atoms with E-state index >= 15 is 0 Å². The molecule has 0 spiro atoms. The number of ether oxygens (including phenoxy) is 2. The second-order valence-electron chi connectivity index (χ2n) is 7.33. The maximum Gasteiger partial charge on any atom is 0.218 e. The van der Waals surface area contributed by atoms with Gasteiger partial charge in [0.05, 0.1) is 19.0 Å². The predicted molar refractivity (Wildman–Crippen MR) is 110 cm³/mol. The van der Waals surface area contributed by atoms with E-state index in [1.54, 1.807) is 12.1 Å². The number of hydrogen-bond acceptors (Lipinski definition) is 5. The van der Waals surface area contributed by atoms with E-state index in [-0.39, 0.29) is 31.0 Å². The summed E-state index contributed by atoms with van der Waals surface area (Å²) < 4.78 is 52.5. The van der Waals surface area contributed by atoms with Crippen LogP contribution in [0.3, 0.4) is 0 Å². The molecule has 1 heterocycles. The predicted octanol–water partition coefficient (Wildman–Crippen LogP) is 2.63. The molecule has 1 aliphatic heterocycles. The summed E-state index contributed by atoms with van der Waals surface area (Å²) in [5.41, 5.74) is 1.91. The van der Waals surface area contributed by atoms with Crippen LogP contribution >= 0.6 is 0 Å². The fourth-order valence-electron chi connectivity index (χ4n) is 3.09. The number of sulfonamides is 1. The van der Waals surface area contributed by atoms with Crippen molar-refractivity contribution in [1.82, 2.24) is 9.21 Å². The van der Waals surface area contributed by atoms with Crippen LogP contribution in [0.2, 0.25) is 0 Å². The highest BCUT2D eigenvalue weighted by atomic mass is 32.2. The lowest BCUT2D eigenvalue weighted by Gasteiger charge is -2.20. The van der Waals surface area contributed by atoms with Crippen molar-refractivity contribution in [3.05, 3.63) is 65.0 Å². The summed E-state index contributed by atoms with van der Waals surface area (Å²) in [4.78, 5) is 2.04. The Balaban J connectivity index is 1.71. The van der Waals surface area contributed by atoms with Gasteiger partial charge in [0.2, 0.25) is 10.0 Å². The van der Waals surface area contributed by atoms with Crippen LogP contribution in [0, 0.1) is 5.82 Å². The van der Waals surface area contributed by atoms with E-state index in [0.29, 0.717) is 19.0 Å². The molecule has 0 bridgehead atoms. The van der Waals surface area contributed by atoms with E-state index in [0.717, 1.165) is 17.7 Å². The summed E-state index contributed by atoms with van der Waals surface area (Å²) in [7, 11) is 0.279. The van der Waals surface area contributed by atoms with Crippen molar-refractivity contribution in [2.45, 2.75) is 18.9 Å². The van der Waals surface area contributed by atoms with Crippen LogP contribution in [0.5, 0.6) is 5.75 Å². The summed E-state index contributed by atoms with van der Waals surface area (Å²) in [5.74, 6) is -0.215. The average molecular weight is 423 g/mol. The molecule has 0 radical (unpaired) electrons. The van der Waals surface area contributed by atoms with Crippen molar-refractivity contribution >= 4 is 10.0 Å². The topological polar surface area (TPSA) is 59.1 Å². The minimum Gasteiger partial charge on any atom is -0.492 e. The molecule has 29 heavy (non-hydrogen) atoms. The SMILES string of the molecule is CN(C)CCOCc1ccc2c(c1)CN(S(=O)(=O)Cc1ccccc1F)CCO2. The zero-order valence-corrected chi connectivity index (χ0v) is 17.6. The first-order chi connectivity index (χ1) is 13.8. The fraction of sp³-hybridized carbons (Fsp3) is 0.429. The lowest BCUT2D eigenvalue weighted by atomic mass is 10.1. The molecule has 0 aliphatic carbocycles. The number of fused-ring (bicyclic) bond motifs is 1. The smallest absolute Gasteiger partial charge is 0.218 e. The van der Waals surface area contributed by atoms with E-state index in [1.807, 2.05) is 37.2 Å². The van der Waals surface area contributed by atoms with Crippen molar-refractivity contribution < 1.29 is 22.3 Å². The average Bonchev–Trinajstić information content (AvgIpc) is 2.89. The molecular weight excluding hydrogens is 395 g/mol. The minimum atomic E-state index is -3.69. The number of halogens is 1. The quantitative estimate of drug-likeness (QED) is 0.612. The van der Waals surface area contributed by atoms with Gasteiger partial charge in [-0.2, -0.15) is 4.31 Å². The van der Waals surface area contributed by atoms with Gasteiger partial charge in [-0.15, -0.1) is 0 Å². The van der Waals surface area contributed by atoms with Crippen LogP contribution in [-0.2, 0) is 33.7 Å².